The Bertz CT molecular complexity index is 486. The largest absolute Gasteiger partial charge is 0.481 e. The molecule has 0 unspecified atom stereocenters. The van der Waals surface area contributed by atoms with Crippen molar-refractivity contribution in [2.75, 3.05) is 0 Å². The number of carboxylic acid groups (broad SMARTS) is 1. The van der Waals surface area contributed by atoms with Gasteiger partial charge in [0, 0.05) is 10.5 Å². The van der Waals surface area contributed by atoms with Gasteiger partial charge in [0.05, 0.1) is 4.92 Å². The van der Waals surface area contributed by atoms with Crippen molar-refractivity contribution in [1.82, 2.24) is 0 Å². The van der Waals surface area contributed by atoms with Gasteiger partial charge < -0.3 is 9.84 Å². The maximum atomic E-state index is 11.0. The number of hydrogen-bond donors (Lipinski definition) is 1. The summed E-state index contributed by atoms with van der Waals surface area (Å²) in [6, 6.07) is 3.81. The molecule has 1 N–H and O–H groups in total. The molecule has 1 aromatic rings. The van der Waals surface area contributed by atoms with E-state index in [2.05, 4.69) is 20.7 Å². The third kappa shape index (κ3) is 3.83. The first-order valence-electron chi connectivity index (χ1n) is 4.26. The van der Waals surface area contributed by atoms with Crippen molar-refractivity contribution in [2.45, 2.75) is 6.42 Å². The van der Waals surface area contributed by atoms with E-state index >= 15 is 0 Å². The number of rotatable bonds is 4. The summed E-state index contributed by atoms with van der Waals surface area (Å²) >= 11 is 3.03. The average Bonchev–Trinajstić information content (AvgIpc) is 2.19. The van der Waals surface area contributed by atoms with Crippen molar-refractivity contribution in [3.63, 3.8) is 0 Å². The maximum absolute atomic E-state index is 11.0. The molecule has 7 nitrogen and oxygen atoms in total. The monoisotopic (exact) mass is 303 g/mol. The zero-order chi connectivity index (χ0) is 13.0. The highest BCUT2D eigenvalue weighted by Crippen LogP contribution is 2.30. The number of aliphatic carboxylic acids is 1. The number of nitro benzene ring substituents is 1. The Morgan fingerprint density at radius 1 is 1.47 bits per heavy atom. The molecule has 0 aliphatic rings. The number of hydrogen-bond acceptors (Lipinski definition) is 5. The van der Waals surface area contributed by atoms with E-state index in [9.17, 15) is 19.7 Å². The minimum absolute atomic E-state index is 0.288. The van der Waals surface area contributed by atoms with Gasteiger partial charge in [-0.2, -0.15) is 0 Å². The second kappa shape index (κ2) is 5.39. The Balaban J connectivity index is 2.94. The van der Waals surface area contributed by atoms with Crippen molar-refractivity contribution in [2.24, 2.45) is 0 Å². The van der Waals surface area contributed by atoms with Gasteiger partial charge in [0.1, 0.15) is 6.42 Å². The van der Waals surface area contributed by atoms with Crippen LogP contribution in [0.1, 0.15) is 6.42 Å². The molecule has 0 saturated carbocycles. The number of esters is 1. The van der Waals surface area contributed by atoms with Gasteiger partial charge in [-0.15, -0.1) is 0 Å². The molecule has 17 heavy (non-hydrogen) atoms. The standard InChI is InChI=1S/C9H6BrNO6/c10-5-1-2-7(6(3-5)11(15)16)17-9(14)4-8(12)13/h1-3H,4H2,(H,12,13). The first kappa shape index (κ1) is 13.1. The number of ether oxygens (including phenoxy) is 1. The molecule has 0 fully saturated rings. The zero-order valence-corrected chi connectivity index (χ0v) is 9.84. The Hall–Kier alpha value is -1.96. The highest BCUT2D eigenvalue weighted by molar-refractivity contribution is 9.10. The molecule has 1 aromatic carbocycles. The molecule has 0 aliphatic heterocycles. The van der Waals surface area contributed by atoms with Crippen LogP contribution in [0.4, 0.5) is 5.69 Å². The summed E-state index contributed by atoms with van der Waals surface area (Å²) in [4.78, 5) is 31.2. The van der Waals surface area contributed by atoms with Crippen molar-refractivity contribution < 1.29 is 24.4 Å². The van der Waals surface area contributed by atoms with E-state index in [0.717, 1.165) is 6.07 Å². The average molecular weight is 304 g/mol. The van der Waals surface area contributed by atoms with Gasteiger partial charge in [-0.25, -0.2) is 0 Å². The third-order valence-corrected chi connectivity index (χ3v) is 2.13. The van der Waals surface area contributed by atoms with Crippen LogP contribution < -0.4 is 4.74 Å². The van der Waals surface area contributed by atoms with E-state index in [4.69, 9.17) is 5.11 Å². The van der Waals surface area contributed by atoms with E-state index in [0.29, 0.717) is 4.47 Å². The van der Waals surface area contributed by atoms with Crippen molar-refractivity contribution in [1.29, 1.82) is 0 Å². The topological polar surface area (TPSA) is 107 Å². The number of nitro groups is 1. The van der Waals surface area contributed by atoms with Crippen LogP contribution in [-0.2, 0) is 9.59 Å². The lowest BCUT2D eigenvalue weighted by molar-refractivity contribution is -0.385. The molecule has 0 bridgehead atoms. The van der Waals surface area contributed by atoms with Crippen molar-refractivity contribution >= 4 is 33.6 Å². The van der Waals surface area contributed by atoms with Crippen LogP contribution in [-0.4, -0.2) is 22.0 Å². The summed E-state index contributed by atoms with van der Waals surface area (Å²) < 4.78 is 5.04. The summed E-state index contributed by atoms with van der Waals surface area (Å²) in [6.07, 6.45) is -0.854. The molecule has 0 atom stereocenters. The second-order valence-corrected chi connectivity index (χ2v) is 3.83. The van der Waals surface area contributed by atoms with E-state index < -0.39 is 29.0 Å². The first-order chi connectivity index (χ1) is 7.90. The van der Waals surface area contributed by atoms with Gasteiger partial charge in [0.15, 0.2) is 0 Å². The lowest BCUT2D eigenvalue weighted by Gasteiger charge is -2.03. The fraction of sp³-hybridized carbons (Fsp3) is 0.111. The van der Waals surface area contributed by atoms with Gasteiger partial charge >= 0.3 is 17.6 Å². The Morgan fingerprint density at radius 3 is 2.65 bits per heavy atom. The molecule has 8 heteroatoms. The van der Waals surface area contributed by atoms with Gasteiger partial charge in [-0.1, -0.05) is 15.9 Å². The van der Waals surface area contributed by atoms with Crippen LogP contribution in [0.3, 0.4) is 0 Å². The number of carbonyl (C=O) groups is 2. The first-order valence-corrected chi connectivity index (χ1v) is 5.06. The van der Waals surface area contributed by atoms with Gasteiger partial charge in [-0.3, -0.25) is 19.7 Å². The quantitative estimate of drug-likeness (QED) is 0.298. The molecule has 90 valence electrons. The molecule has 0 aromatic heterocycles. The number of nitrogens with zero attached hydrogens (tertiary/aromatic N) is 1. The Morgan fingerprint density at radius 2 is 2.12 bits per heavy atom. The Labute approximate surface area is 103 Å². The van der Waals surface area contributed by atoms with Crippen LogP contribution in [0.2, 0.25) is 0 Å². The Kier molecular flexibility index (Phi) is 4.16. The van der Waals surface area contributed by atoms with Crippen molar-refractivity contribution in [3.8, 4) is 5.75 Å². The molecule has 0 aliphatic carbocycles. The molecule has 0 spiro atoms. The number of carbonyl (C=O) groups excluding carboxylic acids is 1. The van der Waals surface area contributed by atoms with E-state index in [1.165, 1.54) is 12.1 Å². The van der Waals surface area contributed by atoms with Gasteiger partial charge in [-0.05, 0) is 12.1 Å². The molecule has 0 saturated heterocycles. The van der Waals surface area contributed by atoms with Crippen LogP contribution in [0, 0.1) is 10.1 Å². The fourth-order valence-corrected chi connectivity index (χ4v) is 1.35. The highest BCUT2D eigenvalue weighted by atomic mass is 79.9. The molecule has 1 rings (SSSR count). The smallest absolute Gasteiger partial charge is 0.322 e. The summed E-state index contributed by atoms with van der Waals surface area (Å²) in [6.45, 7) is 0. The van der Waals surface area contributed by atoms with Crippen LogP contribution in [0.15, 0.2) is 22.7 Å². The van der Waals surface area contributed by atoms with Gasteiger partial charge in [0.25, 0.3) is 0 Å². The fourth-order valence-electron chi connectivity index (χ4n) is 1.00. The molecule has 0 radical (unpaired) electrons. The van der Waals surface area contributed by atoms with Crippen LogP contribution in [0.25, 0.3) is 0 Å². The van der Waals surface area contributed by atoms with Crippen LogP contribution in [0.5, 0.6) is 5.75 Å². The SMILES string of the molecule is O=C(O)CC(=O)Oc1ccc(Br)cc1[N+](=O)[O-]. The number of benzene rings is 1. The predicted molar refractivity (Wildman–Crippen MR) is 58.7 cm³/mol. The summed E-state index contributed by atoms with van der Waals surface area (Å²) in [5.74, 6) is -2.72. The summed E-state index contributed by atoms with van der Waals surface area (Å²) in [5.41, 5.74) is -0.418. The van der Waals surface area contributed by atoms with Crippen molar-refractivity contribution in [3.05, 3.63) is 32.8 Å². The molecular weight excluding hydrogens is 298 g/mol. The number of halogens is 1. The maximum Gasteiger partial charge on any atom is 0.322 e. The summed E-state index contributed by atoms with van der Waals surface area (Å²) in [7, 11) is 0. The second-order valence-electron chi connectivity index (χ2n) is 2.91. The zero-order valence-electron chi connectivity index (χ0n) is 8.25. The third-order valence-electron chi connectivity index (χ3n) is 1.64. The minimum atomic E-state index is -1.37. The molecular formula is C9H6BrNO6. The molecule has 0 heterocycles. The van der Waals surface area contributed by atoms with Crippen LogP contribution >= 0.6 is 15.9 Å². The van der Waals surface area contributed by atoms with E-state index in [-0.39, 0.29) is 5.75 Å². The lowest BCUT2D eigenvalue weighted by Crippen LogP contribution is -2.13. The normalized spacial score (nSPS) is 9.71. The summed E-state index contributed by atoms with van der Waals surface area (Å²) in [5, 5.41) is 19.0. The number of carboxylic acids is 1. The molecule has 0 amide bonds. The van der Waals surface area contributed by atoms with E-state index in [1.807, 2.05) is 0 Å². The predicted octanol–water partition coefficient (Wildman–Crippen LogP) is 1.74. The minimum Gasteiger partial charge on any atom is -0.481 e. The van der Waals surface area contributed by atoms with Gasteiger partial charge in [0.2, 0.25) is 5.75 Å². The highest BCUT2D eigenvalue weighted by Gasteiger charge is 2.19. The van der Waals surface area contributed by atoms with E-state index in [1.54, 1.807) is 0 Å². The lowest BCUT2D eigenvalue weighted by atomic mass is 10.3.